The third-order valence-electron chi connectivity index (χ3n) is 2.45. The van der Waals surface area contributed by atoms with Crippen molar-refractivity contribution in [1.82, 2.24) is 0 Å². The zero-order valence-electron chi connectivity index (χ0n) is 9.15. The monoisotopic (exact) mass is 203 g/mol. The number of aliphatic imine (C=N–C) groups is 1. The molecule has 0 aliphatic heterocycles. The largest absolute Gasteiger partial charge is 0.494 e. The van der Waals surface area contributed by atoms with Crippen molar-refractivity contribution in [2.45, 2.75) is 26.3 Å². The first kappa shape index (κ1) is 10.2. The van der Waals surface area contributed by atoms with Crippen LogP contribution in [0.25, 0.3) is 0 Å². The topological polar surface area (TPSA) is 21.6 Å². The first-order valence-electron chi connectivity index (χ1n) is 5.60. The molecule has 0 aromatic heterocycles. The zero-order chi connectivity index (χ0) is 10.5. The Kier molecular flexibility index (Phi) is 3.38. The molecule has 80 valence electrons. The van der Waals surface area contributed by atoms with Crippen LogP contribution < -0.4 is 4.74 Å². The van der Waals surface area contributed by atoms with Crippen molar-refractivity contribution in [3.05, 3.63) is 29.8 Å². The summed E-state index contributed by atoms with van der Waals surface area (Å²) < 4.78 is 5.38. The molecule has 2 heteroatoms. The van der Waals surface area contributed by atoms with Gasteiger partial charge in [-0.05, 0) is 43.4 Å². The minimum atomic E-state index is 0.721. The second-order valence-electron chi connectivity index (χ2n) is 3.90. The Hall–Kier alpha value is -1.31. The fourth-order valence-electron chi connectivity index (χ4n) is 1.41. The van der Waals surface area contributed by atoms with Crippen molar-refractivity contribution in [2.24, 2.45) is 10.9 Å². The van der Waals surface area contributed by atoms with Gasteiger partial charge in [0.25, 0.3) is 0 Å². The number of ether oxygens (including phenoxy) is 1. The van der Waals surface area contributed by atoms with Crippen molar-refractivity contribution in [1.29, 1.82) is 0 Å². The molecule has 1 aliphatic rings. The highest BCUT2D eigenvalue weighted by molar-refractivity contribution is 5.63. The van der Waals surface area contributed by atoms with Gasteiger partial charge in [0.1, 0.15) is 5.75 Å². The third-order valence-corrected chi connectivity index (χ3v) is 2.45. The summed E-state index contributed by atoms with van der Waals surface area (Å²) in [5.74, 6) is 1.71. The Balaban J connectivity index is 1.85. The molecule has 0 N–H and O–H groups in total. The van der Waals surface area contributed by atoms with Crippen LogP contribution in [0.3, 0.4) is 0 Å². The predicted octanol–water partition coefficient (Wildman–Crippen LogP) is 3.07. The maximum atomic E-state index is 5.38. The molecule has 0 spiro atoms. The predicted molar refractivity (Wildman–Crippen MR) is 62.5 cm³/mol. The Bertz CT molecular complexity index is 325. The Morgan fingerprint density at radius 3 is 2.67 bits per heavy atom. The number of hydrogen-bond acceptors (Lipinski definition) is 2. The van der Waals surface area contributed by atoms with Crippen molar-refractivity contribution < 1.29 is 4.74 Å². The van der Waals surface area contributed by atoms with Gasteiger partial charge in [-0.3, -0.25) is 4.99 Å². The van der Waals surface area contributed by atoms with E-state index in [1.54, 1.807) is 0 Å². The smallest absolute Gasteiger partial charge is 0.119 e. The number of benzene rings is 1. The van der Waals surface area contributed by atoms with E-state index in [1.807, 2.05) is 19.1 Å². The highest BCUT2D eigenvalue weighted by Gasteiger charge is 2.17. The Morgan fingerprint density at radius 1 is 1.33 bits per heavy atom. The van der Waals surface area contributed by atoms with Crippen molar-refractivity contribution in [3.63, 3.8) is 0 Å². The van der Waals surface area contributed by atoms with Crippen LogP contribution >= 0.6 is 0 Å². The van der Waals surface area contributed by atoms with Crippen LogP contribution in [0.15, 0.2) is 29.3 Å². The van der Waals surface area contributed by atoms with Gasteiger partial charge in [0, 0.05) is 6.21 Å². The van der Waals surface area contributed by atoms with E-state index in [-0.39, 0.29) is 0 Å². The molecule has 1 saturated carbocycles. The van der Waals surface area contributed by atoms with Crippen LogP contribution in [-0.4, -0.2) is 12.8 Å². The molecule has 2 nitrogen and oxygen atoms in total. The van der Waals surface area contributed by atoms with Gasteiger partial charge in [0.05, 0.1) is 13.2 Å². The standard InChI is InChI=1S/C13H17NO/c1-2-15-13-7-5-12(6-8-13)10-14-9-11-3-4-11/h5-9,11H,2-4,10H2,1H3. The van der Waals surface area contributed by atoms with E-state index in [9.17, 15) is 0 Å². The average Bonchev–Trinajstić information content (AvgIpc) is 3.05. The Labute approximate surface area is 91.0 Å². The molecule has 15 heavy (non-hydrogen) atoms. The van der Waals surface area contributed by atoms with Crippen LogP contribution in [-0.2, 0) is 6.54 Å². The molecule has 2 rings (SSSR count). The van der Waals surface area contributed by atoms with Gasteiger partial charge in [0.2, 0.25) is 0 Å². The van der Waals surface area contributed by atoms with Gasteiger partial charge in [-0.1, -0.05) is 12.1 Å². The van der Waals surface area contributed by atoms with Crippen molar-refractivity contribution >= 4 is 6.21 Å². The highest BCUT2D eigenvalue weighted by Crippen LogP contribution is 2.26. The summed E-state index contributed by atoms with van der Waals surface area (Å²) in [6.07, 6.45) is 4.75. The zero-order valence-corrected chi connectivity index (χ0v) is 9.15. The average molecular weight is 203 g/mol. The summed E-state index contributed by atoms with van der Waals surface area (Å²) >= 11 is 0. The molecule has 0 bridgehead atoms. The van der Waals surface area contributed by atoms with Crippen LogP contribution in [0.5, 0.6) is 5.75 Å². The van der Waals surface area contributed by atoms with E-state index in [0.717, 1.165) is 24.8 Å². The van der Waals surface area contributed by atoms with Gasteiger partial charge < -0.3 is 4.74 Å². The van der Waals surface area contributed by atoms with E-state index in [2.05, 4.69) is 23.3 Å². The lowest BCUT2D eigenvalue weighted by atomic mass is 10.2. The summed E-state index contributed by atoms with van der Waals surface area (Å²) in [4.78, 5) is 4.41. The molecule has 0 amide bonds. The second-order valence-corrected chi connectivity index (χ2v) is 3.90. The molecule has 1 aromatic carbocycles. The molecule has 1 aromatic rings. The fourth-order valence-corrected chi connectivity index (χ4v) is 1.41. The van der Waals surface area contributed by atoms with Gasteiger partial charge >= 0.3 is 0 Å². The lowest BCUT2D eigenvalue weighted by Crippen LogP contribution is -1.91. The molecule has 0 atom stereocenters. The summed E-state index contributed by atoms with van der Waals surface area (Å²) in [5.41, 5.74) is 1.25. The van der Waals surface area contributed by atoms with Crippen LogP contribution in [0.4, 0.5) is 0 Å². The van der Waals surface area contributed by atoms with Crippen LogP contribution in [0, 0.1) is 5.92 Å². The minimum absolute atomic E-state index is 0.721. The van der Waals surface area contributed by atoms with E-state index in [1.165, 1.54) is 18.4 Å². The highest BCUT2D eigenvalue weighted by atomic mass is 16.5. The molecule has 0 radical (unpaired) electrons. The van der Waals surface area contributed by atoms with Crippen molar-refractivity contribution in [2.75, 3.05) is 6.61 Å². The molecule has 0 heterocycles. The normalized spacial score (nSPS) is 15.8. The maximum absolute atomic E-state index is 5.38. The van der Waals surface area contributed by atoms with Crippen LogP contribution in [0.2, 0.25) is 0 Å². The maximum Gasteiger partial charge on any atom is 0.119 e. The summed E-state index contributed by atoms with van der Waals surface area (Å²) in [7, 11) is 0. The third kappa shape index (κ3) is 3.39. The van der Waals surface area contributed by atoms with E-state index >= 15 is 0 Å². The van der Waals surface area contributed by atoms with E-state index in [4.69, 9.17) is 4.74 Å². The quantitative estimate of drug-likeness (QED) is 0.674. The van der Waals surface area contributed by atoms with E-state index in [0.29, 0.717) is 0 Å². The van der Waals surface area contributed by atoms with Gasteiger partial charge in [0.15, 0.2) is 0 Å². The SMILES string of the molecule is CCOc1ccc(CN=CC2CC2)cc1. The molecule has 1 aliphatic carbocycles. The lowest BCUT2D eigenvalue weighted by Gasteiger charge is -2.02. The van der Waals surface area contributed by atoms with Gasteiger partial charge in [-0.2, -0.15) is 0 Å². The summed E-state index contributed by atoms with van der Waals surface area (Å²) in [5, 5.41) is 0. The van der Waals surface area contributed by atoms with Gasteiger partial charge in [-0.15, -0.1) is 0 Å². The number of hydrogen-bond donors (Lipinski definition) is 0. The second kappa shape index (κ2) is 4.96. The minimum Gasteiger partial charge on any atom is -0.494 e. The first-order valence-corrected chi connectivity index (χ1v) is 5.60. The number of nitrogens with zero attached hydrogens (tertiary/aromatic N) is 1. The first-order chi connectivity index (χ1) is 7.38. The summed E-state index contributed by atoms with van der Waals surface area (Å²) in [6.45, 7) is 3.51. The fraction of sp³-hybridized carbons (Fsp3) is 0.462. The number of rotatable bonds is 5. The summed E-state index contributed by atoms with van der Waals surface area (Å²) in [6, 6.07) is 8.17. The molecule has 1 fully saturated rings. The molecule has 0 saturated heterocycles. The molecular weight excluding hydrogens is 186 g/mol. The van der Waals surface area contributed by atoms with E-state index < -0.39 is 0 Å². The lowest BCUT2D eigenvalue weighted by molar-refractivity contribution is 0.340. The molecule has 0 unspecified atom stereocenters. The van der Waals surface area contributed by atoms with Crippen molar-refractivity contribution in [3.8, 4) is 5.75 Å². The Morgan fingerprint density at radius 2 is 2.07 bits per heavy atom. The van der Waals surface area contributed by atoms with Crippen LogP contribution in [0.1, 0.15) is 25.3 Å². The molecular formula is C13H17NO. The van der Waals surface area contributed by atoms with Gasteiger partial charge in [-0.25, -0.2) is 0 Å².